The maximum absolute atomic E-state index is 12.4. The van der Waals surface area contributed by atoms with Gasteiger partial charge in [-0.1, -0.05) is 26.8 Å². The minimum absolute atomic E-state index is 0.00250. The molecule has 1 aliphatic rings. The molecule has 1 aromatic rings. The van der Waals surface area contributed by atoms with Crippen LogP contribution in [-0.4, -0.2) is 42.5 Å². The quantitative estimate of drug-likeness (QED) is 0.877. The molecule has 144 valence electrons. The third-order valence-corrected chi connectivity index (χ3v) is 4.74. The lowest BCUT2D eigenvalue weighted by Crippen LogP contribution is -2.48. The Morgan fingerprint density at radius 1 is 1.15 bits per heavy atom. The van der Waals surface area contributed by atoms with Gasteiger partial charge in [-0.15, -0.1) is 0 Å². The lowest BCUT2D eigenvalue weighted by molar-refractivity contribution is -0.134. The number of ether oxygens (including phenoxy) is 1. The monoisotopic (exact) mass is 360 g/mol. The Balaban J connectivity index is 1.74. The van der Waals surface area contributed by atoms with E-state index in [1.807, 2.05) is 30.0 Å². The van der Waals surface area contributed by atoms with Crippen LogP contribution in [0.1, 0.15) is 51.2 Å². The van der Waals surface area contributed by atoms with Gasteiger partial charge in [-0.3, -0.25) is 9.59 Å². The number of nitrogens with zero attached hydrogens (tertiary/aromatic N) is 1. The highest BCUT2D eigenvalue weighted by Gasteiger charge is 2.25. The molecule has 0 saturated carbocycles. The first-order chi connectivity index (χ1) is 12.1. The molecular weight excluding hydrogens is 328 g/mol. The van der Waals surface area contributed by atoms with Crippen molar-refractivity contribution in [2.45, 2.75) is 59.9 Å². The van der Waals surface area contributed by atoms with Crippen molar-refractivity contribution in [3.8, 4) is 5.75 Å². The van der Waals surface area contributed by atoms with Crippen LogP contribution in [0.4, 0.5) is 0 Å². The molecule has 1 aromatic carbocycles. The fraction of sp³-hybridized carbons (Fsp3) is 0.619. The molecule has 0 aromatic heterocycles. The molecule has 0 radical (unpaired) electrons. The van der Waals surface area contributed by atoms with Crippen molar-refractivity contribution >= 4 is 11.8 Å². The standard InChI is InChI=1S/C21H32N2O3/c1-15-6-7-18(12-16(15)2)26-14-20(25)23-10-8-17(9-11-23)22-19(24)13-21(3,4)5/h6-7,12,17H,8-11,13-14H2,1-5H3,(H,22,24). The van der Waals surface area contributed by atoms with E-state index in [-0.39, 0.29) is 29.9 Å². The van der Waals surface area contributed by atoms with Gasteiger partial charge >= 0.3 is 0 Å². The number of carbonyl (C=O) groups is 2. The van der Waals surface area contributed by atoms with E-state index in [0.717, 1.165) is 24.2 Å². The van der Waals surface area contributed by atoms with Crippen molar-refractivity contribution < 1.29 is 14.3 Å². The summed E-state index contributed by atoms with van der Waals surface area (Å²) in [5, 5.41) is 3.10. The Morgan fingerprint density at radius 3 is 2.38 bits per heavy atom. The van der Waals surface area contributed by atoms with Crippen LogP contribution in [0.25, 0.3) is 0 Å². The highest BCUT2D eigenvalue weighted by atomic mass is 16.5. The number of rotatable bonds is 5. The van der Waals surface area contributed by atoms with Crippen LogP contribution in [-0.2, 0) is 9.59 Å². The summed E-state index contributed by atoms with van der Waals surface area (Å²) in [5.74, 6) is 0.828. The van der Waals surface area contributed by atoms with E-state index in [9.17, 15) is 9.59 Å². The van der Waals surface area contributed by atoms with E-state index < -0.39 is 0 Å². The van der Waals surface area contributed by atoms with Gasteiger partial charge in [-0.25, -0.2) is 0 Å². The Morgan fingerprint density at radius 2 is 1.81 bits per heavy atom. The number of amides is 2. The maximum atomic E-state index is 12.4. The number of carbonyl (C=O) groups excluding carboxylic acids is 2. The maximum Gasteiger partial charge on any atom is 0.260 e. The second-order valence-electron chi connectivity index (χ2n) is 8.49. The van der Waals surface area contributed by atoms with Gasteiger partial charge in [0.15, 0.2) is 6.61 Å². The molecule has 1 saturated heterocycles. The minimum atomic E-state index is -0.00752. The fourth-order valence-corrected chi connectivity index (χ4v) is 3.07. The van der Waals surface area contributed by atoms with E-state index in [2.05, 4.69) is 33.0 Å². The summed E-state index contributed by atoms with van der Waals surface area (Å²) in [7, 11) is 0. The van der Waals surface area contributed by atoms with Gasteiger partial charge < -0.3 is 15.0 Å². The van der Waals surface area contributed by atoms with E-state index in [0.29, 0.717) is 19.5 Å². The predicted octanol–water partition coefficient (Wildman–Crippen LogP) is 3.23. The Hall–Kier alpha value is -2.04. The normalized spacial score (nSPS) is 15.7. The fourth-order valence-electron chi connectivity index (χ4n) is 3.07. The number of benzene rings is 1. The zero-order valence-corrected chi connectivity index (χ0v) is 16.7. The van der Waals surface area contributed by atoms with Crippen molar-refractivity contribution in [3.05, 3.63) is 29.3 Å². The number of nitrogens with one attached hydrogen (secondary N) is 1. The highest BCUT2D eigenvalue weighted by Crippen LogP contribution is 2.19. The minimum Gasteiger partial charge on any atom is -0.484 e. The molecule has 2 amide bonds. The first-order valence-corrected chi connectivity index (χ1v) is 9.41. The largest absolute Gasteiger partial charge is 0.484 e. The molecule has 1 heterocycles. The third-order valence-electron chi connectivity index (χ3n) is 4.74. The van der Waals surface area contributed by atoms with Crippen LogP contribution in [0.5, 0.6) is 5.75 Å². The third kappa shape index (κ3) is 6.36. The van der Waals surface area contributed by atoms with Crippen LogP contribution in [0.2, 0.25) is 0 Å². The molecule has 1 N–H and O–H groups in total. The summed E-state index contributed by atoms with van der Waals surface area (Å²) in [6.07, 6.45) is 2.12. The van der Waals surface area contributed by atoms with Crippen molar-refractivity contribution in [1.82, 2.24) is 10.2 Å². The molecule has 1 aliphatic heterocycles. The van der Waals surface area contributed by atoms with Gasteiger partial charge in [0.25, 0.3) is 5.91 Å². The summed E-state index contributed by atoms with van der Waals surface area (Å²) < 4.78 is 5.64. The summed E-state index contributed by atoms with van der Waals surface area (Å²) in [6, 6.07) is 6.02. The topological polar surface area (TPSA) is 58.6 Å². The SMILES string of the molecule is Cc1ccc(OCC(=O)N2CCC(NC(=O)CC(C)(C)C)CC2)cc1C. The number of aryl methyl sites for hydroxylation is 2. The van der Waals surface area contributed by atoms with Gasteiger partial charge in [0.05, 0.1) is 0 Å². The highest BCUT2D eigenvalue weighted by molar-refractivity contribution is 5.78. The van der Waals surface area contributed by atoms with Gasteiger partial charge in [-0.05, 0) is 55.4 Å². The lowest BCUT2D eigenvalue weighted by atomic mass is 9.91. The molecule has 2 rings (SSSR count). The first kappa shape index (κ1) is 20.3. The zero-order chi connectivity index (χ0) is 19.3. The summed E-state index contributed by atoms with van der Waals surface area (Å²) in [5.41, 5.74) is 2.35. The Bertz CT molecular complexity index is 641. The first-order valence-electron chi connectivity index (χ1n) is 9.41. The molecule has 5 nitrogen and oxygen atoms in total. The van der Waals surface area contributed by atoms with Crippen molar-refractivity contribution in [1.29, 1.82) is 0 Å². The number of piperidine rings is 1. The molecule has 0 atom stereocenters. The molecule has 0 spiro atoms. The molecule has 0 unspecified atom stereocenters. The molecule has 1 fully saturated rings. The van der Waals surface area contributed by atoms with Crippen LogP contribution in [0, 0.1) is 19.3 Å². The molecule has 26 heavy (non-hydrogen) atoms. The molecule has 5 heteroatoms. The molecule has 0 aliphatic carbocycles. The van der Waals surface area contributed by atoms with E-state index in [1.54, 1.807) is 0 Å². The van der Waals surface area contributed by atoms with Gasteiger partial charge in [0, 0.05) is 25.6 Å². The van der Waals surface area contributed by atoms with Crippen LogP contribution >= 0.6 is 0 Å². The van der Waals surface area contributed by atoms with Crippen LogP contribution in [0.15, 0.2) is 18.2 Å². The van der Waals surface area contributed by atoms with Crippen LogP contribution in [0.3, 0.4) is 0 Å². The average molecular weight is 360 g/mol. The lowest BCUT2D eigenvalue weighted by Gasteiger charge is -2.33. The Labute approximate surface area is 157 Å². The summed E-state index contributed by atoms with van der Waals surface area (Å²) in [6.45, 7) is 11.6. The van der Waals surface area contributed by atoms with Gasteiger partial charge in [0.1, 0.15) is 5.75 Å². The zero-order valence-electron chi connectivity index (χ0n) is 16.7. The van der Waals surface area contributed by atoms with E-state index in [1.165, 1.54) is 5.56 Å². The van der Waals surface area contributed by atoms with Gasteiger partial charge in [-0.2, -0.15) is 0 Å². The van der Waals surface area contributed by atoms with Crippen molar-refractivity contribution in [2.75, 3.05) is 19.7 Å². The van der Waals surface area contributed by atoms with Crippen molar-refractivity contribution in [2.24, 2.45) is 5.41 Å². The number of hydrogen-bond acceptors (Lipinski definition) is 3. The average Bonchev–Trinajstić information content (AvgIpc) is 2.54. The predicted molar refractivity (Wildman–Crippen MR) is 103 cm³/mol. The van der Waals surface area contributed by atoms with Crippen molar-refractivity contribution in [3.63, 3.8) is 0 Å². The van der Waals surface area contributed by atoms with Gasteiger partial charge in [0.2, 0.25) is 5.91 Å². The van der Waals surface area contributed by atoms with E-state index >= 15 is 0 Å². The number of hydrogen-bond donors (Lipinski definition) is 1. The van der Waals surface area contributed by atoms with Crippen LogP contribution < -0.4 is 10.1 Å². The second kappa shape index (κ2) is 8.56. The second-order valence-corrected chi connectivity index (χ2v) is 8.49. The summed E-state index contributed by atoms with van der Waals surface area (Å²) in [4.78, 5) is 26.2. The smallest absolute Gasteiger partial charge is 0.260 e. The Kier molecular flexibility index (Phi) is 6.68. The van der Waals surface area contributed by atoms with E-state index in [4.69, 9.17) is 4.74 Å². The summed E-state index contributed by atoms with van der Waals surface area (Å²) >= 11 is 0. The molecular formula is C21H32N2O3. The number of likely N-dealkylation sites (tertiary alicyclic amines) is 1. The molecule has 0 bridgehead atoms.